The number of halogens is 1. The summed E-state index contributed by atoms with van der Waals surface area (Å²) in [5, 5.41) is 22.6. The lowest BCUT2D eigenvalue weighted by Gasteiger charge is -2.27. The van der Waals surface area contributed by atoms with Crippen LogP contribution >= 0.6 is 12.4 Å². The summed E-state index contributed by atoms with van der Waals surface area (Å²) < 4.78 is 0. The molecule has 5 heteroatoms. The van der Waals surface area contributed by atoms with E-state index in [2.05, 4.69) is 10.3 Å². The Bertz CT molecular complexity index is 575. The Labute approximate surface area is 117 Å². The van der Waals surface area contributed by atoms with Crippen LogP contribution in [-0.4, -0.2) is 21.7 Å². The maximum absolute atomic E-state index is 9.65. The number of hydrogen-bond acceptors (Lipinski definition) is 4. The molecule has 1 unspecified atom stereocenters. The number of phenols is 2. The maximum atomic E-state index is 9.65. The highest BCUT2D eigenvalue weighted by Crippen LogP contribution is 2.35. The second-order valence-corrected chi connectivity index (χ2v) is 4.46. The van der Waals surface area contributed by atoms with E-state index in [1.54, 1.807) is 18.3 Å². The molecule has 0 bridgehead atoms. The zero-order chi connectivity index (χ0) is 12.5. The fraction of sp³-hybridized carbons (Fsp3) is 0.214. The van der Waals surface area contributed by atoms with Gasteiger partial charge in [0.2, 0.25) is 0 Å². The number of aromatic hydroxyl groups is 2. The molecule has 2 heterocycles. The van der Waals surface area contributed by atoms with Gasteiger partial charge in [-0.2, -0.15) is 0 Å². The Balaban J connectivity index is 0.00000133. The van der Waals surface area contributed by atoms with Gasteiger partial charge in [-0.05, 0) is 41.3 Å². The maximum Gasteiger partial charge on any atom is 0.157 e. The fourth-order valence-corrected chi connectivity index (χ4v) is 2.43. The van der Waals surface area contributed by atoms with Gasteiger partial charge in [0, 0.05) is 18.9 Å². The molecule has 3 rings (SSSR count). The summed E-state index contributed by atoms with van der Waals surface area (Å²) in [6.07, 6.45) is 4.40. The van der Waals surface area contributed by atoms with Crippen LogP contribution in [0.1, 0.15) is 22.7 Å². The van der Waals surface area contributed by atoms with E-state index in [0.717, 1.165) is 29.7 Å². The largest absolute Gasteiger partial charge is 0.504 e. The Morgan fingerprint density at radius 3 is 2.74 bits per heavy atom. The summed E-state index contributed by atoms with van der Waals surface area (Å²) in [6.45, 7) is 0.844. The van der Waals surface area contributed by atoms with Crippen molar-refractivity contribution in [3.8, 4) is 11.5 Å². The van der Waals surface area contributed by atoms with E-state index in [4.69, 9.17) is 0 Å². The third-order valence-electron chi connectivity index (χ3n) is 3.31. The molecule has 19 heavy (non-hydrogen) atoms. The molecule has 1 aliphatic heterocycles. The molecule has 0 amide bonds. The fourth-order valence-electron chi connectivity index (χ4n) is 2.43. The zero-order valence-electron chi connectivity index (χ0n) is 10.2. The SMILES string of the molecule is Cl.Oc1cc2c(cc1O)C(c1cccnc1)NCC2. The third kappa shape index (κ3) is 2.50. The predicted molar refractivity (Wildman–Crippen MR) is 74.8 cm³/mol. The lowest BCUT2D eigenvalue weighted by molar-refractivity contribution is 0.400. The molecule has 0 radical (unpaired) electrons. The van der Waals surface area contributed by atoms with E-state index in [1.807, 2.05) is 18.3 Å². The van der Waals surface area contributed by atoms with Crippen LogP contribution in [0.15, 0.2) is 36.7 Å². The number of nitrogens with zero attached hydrogens (tertiary/aromatic N) is 1. The van der Waals surface area contributed by atoms with Gasteiger partial charge in [-0.3, -0.25) is 4.98 Å². The molecular formula is C14H15ClN2O2. The van der Waals surface area contributed by atoms with Gasteiger partial charge in [0.25, 0.3) is 0 Å². The number of aromatic nitrogens is 1. The number of pyridine rings is 1. The van der Waals surface area contributed by atoms with E-state index in [0.29, 0.717) is 0 Å². The van der Waals surface area contributed by atoms with Crippen molar-refractivity contribution in [3.05, 3.63) is 53.3 Å². The average molecular weight is 279 g/mol. The minimum Gasteiger partial charge on any atom is -0.504 e. The van der Waals surface area contributed by atoms with E-state index >= 15 is 0 Å². The molecule has 0 fully saturated rings. The lowest BCUT2D eigenvalue weighted by Crippen LogP contribution is -2.30. The number of benzene rings is 1. The smallest absolute Gasteiger partial charge is 0.157 e. The first kappa shape index (κ1) is 13.6. The van der Waals surface area contributed by atoms with Gasteiger partial charge < -0.3 is 15.5 Å². The highest BCUT2D eigenvalue weighted by molar-refractivity contribution is 5.85. The van der Waals surface area contributed by atoms with E-state index in [-0.39, 0.29) is 29.9 Å². The number of fused-ring (bicyclic) bond motifs is 1. The lowest BCUT2D eigenvalue weighted by atomic mass is 9.90. The number of hydrogen-bond donors (Lipinski definition) is 3. The molecule has 1 aromatic heterocycles. The van der Waals surface area contributed by atoms with Crippen LogP contribution in [0.4, 0.5) is 0 Å². The molecule has 0 saturated heterocycles. The van der Waals surface area contributed by atoms with E-state index in [1.165, 1.54) is 0 Å². The molecule has 0 spiro atoms. The highest BCUT2D eigenvalue weighted by Gasteiger charge is 2.23. The van der Waals surface area contributed by atoms with Gasteiger partial charge in [-0.1, -0.05) is 6.07 Å². The summed E-state index contributed by atoms with van der Waals surface area (Å²) in [6, 6.07) is 7.20. The molecule has 0 saturated carbocycles. The van der Waals surface area contributed by atoms with Gasteiger partial charge in [-0.15, -0.1) is 12.4 Å². The Hall–Kier alpha value is -1.78. The van der Waals surface area contributed by atoms with Gasteiger partial charge in [-0.25, -0.2) is 0 Å². The first-order chi connectivity index (χ1) is 8.75. The summed E-state index contributed by atoms with van der Waals surface area (Å²) in [7, 11) is 0. The van der Waals surface area contributed by atoms with Crippen LogP contribution in [-0.2, 0) is 6.42 Å². The van der Waals surface area contributed by atoms with Crippen LogP contribution in [0.2, 0.25) is 0 Å². The van der Waals surface area contributed by atoms with Crippen molar-refractivity contribution in [2.24, 2.45) is 0 Å². The van der Waals surface area contributed by atoms with Crippen LogP contribution in [0, 0.1) is 0 Å². The standard InChI is InChI=1S/C14H14N2O2.ClH/c17-12-6-9-3-5-16-14(11(9)7-13(12)18)10-2-1-4-15-8-10;/h1-2,4,6-8,14,16-18H,3,5H2;1H. The number of nitrogens with one attached hydrogen (secondary N) is 1. The zero-order valence-corrected chi connectivity index (χ0v) is 11.0. The van der Waals surface area contributed by atoms with Crippen molar-refractivity contribution in [2.45, 2.75) is 12.5 Å². The number of phenolic OH excluding ortho intramolecular Hbond substituents is 2. The first-order valence-corrected chi connectivity index (χ1v) is 5.94. The molecule has 100 valence electrons. The molecule has 4 nitrogen and oxygen atoms in total. The normalized spacial score (nSPS) is 17.4. The number of rotatable bonds is 1. The quantitative estimate of drug-likeness (QED) is 0.700. The Morgan fingerprint density at radius 2 is 2.00 bits per heavy atom. The summed E-state index contributed by atoms with van der Waals surface area (Å²) in [5.74, 6) is -0.132. The van der Waals surface area contributed by atoms with Crippen molar-refractivity contribution in [2.75, 3.05) is 6.54 Å². The molecule has 3 N–H and O–H groups in total. The average Bonchev–Trinajstić information content (AvgIpc) is 2.40. The molecule has 1 atom stereocenters. The molecule has 1 aliphatic rings. The molecule has 0 aliphatic carbocycles. The van der Waals surface area contributed by atoms with Crippen molar-refractivity contribution in [3.63, 3.8) is 0 Å². The second-order valence-electron chi connectivity index (χ2n) is 4.46. The summed E-state index contributed by atoms with van der Waals surface area (Å²) in [5.41, 5.74) is 3.13. The monoisotopic (exact) mass is 278 g/mol. The van der Waals surface area contributed by atoms with Gasteiger partial charge in [0.15, 0.2) is 11.5 Å². The minimum absolute atomic E-state index is 0. The molecular weight excluding hydrogens is 264 g/mol. The van der Waals surface area contributed by atoms with Crippen molar-refractivity contribution < 1.29 is 10.2 Å². The van der Waals surface area contributed by atoms with Gasteiger partial charge in [0.1, 0.15) is 0 Å². The highest BCUT2D eigenvalue weighted by atomic mass is 35.5. The van der Waals surface area contributed by atoms with E-state index < -0.39 is 0 Å². The first-order valence-electron chi connectivity index (χ1n) is 5.94. The minimum atomic E-state index is -0.0775. The van der Waals surface area contributed by atoms with Crippen LogP contribution in [0.5, 0.6) is 11.5 Å². The van der Waals surface area contributed by atoms with Crippen LogP contribution in [0.25, 0.3) is 0 Å². The Kier molecular flexibility index (Phi) is 3.93. The third-order valence-corrected chi connectivity index (χ3v) is 3.31. The van der Waals surface area contributed by atoms with Gasteiger partial charge in [0.05, 0.1) is 6.04 Å². The van der Waals surface area contributed by atoms with Crippen molar-refractivity contribution in [1.82, 2.24) is 10.3 Å². The van der Waals surface area contributed by atoms with E-state index in [9.17, 15) is 10.2 Å². The van der Waals surface area contributed by atoms with Crippen LogP contribution in [0.3, 0.4) is 0 Å². The van der Waals surface area contributed by atoms with Crippen LogP contribution < -0.4 is 5.32 Å². The summed E-state index contributed by atoms with van der Waals surface area (Å²) in [4.78, 5) is 4.12. The summed E-state index contributed by atoms with van der Waals surface area (Å²) >= 11 is 0. The molecule has 1 aromatic carbocycles. The second kappa shape index (κ2) is 5.47. The van der Waals surface area contributed by atoms with Crippen molar-refractivity contribution in [1.29, 1.82) is 0 Å². The topological polar surface area (TPSA) is 65.4 Å². The van der Waals surface area contributed by atoms with Crippen molar-refractivity contribution >= 4 is 12.4 Å². The predicted octanol–water partition coefficient (Wildman–Crippen LogP) is 2.15. The molecule has 2 aromatic rings. The van der Waals surface area contributed by atoms with Gasteiger partial charge >= 0.3 is 0 Å². The Morgan fingerprint density at radius 1 is 1.21 bits per heavy atom.